The highest BCUT2D eigenvalue weighted by Crippen LogP contribution is 2.13. The fourth-order valence-electron chi connectivity index (χ4n) is 4.10. The number of carbonyl (C=O) groups excluding carboxylic acids is 4. The first-order chi connectivity index (χ1) is 20.1. The standard InChI is InChI=1S/C31H44N2O9/c1-21-12-10-16-29(35)33-25(18-40-17-24-13-7-6-8-14-24)31(37)42-20-27(39-5)22(2)11-9-15-28(34)32-23(3)30(36)41-19-26(21)38-4/h6-14,21-23,25-27H,15-20H2,1-5H3,(H,32,34)(H,33,35)/t21-,22-,23-,25+,26-,27-/m1/s1. The first-order valence-electron chi connectivity index (χ1n) is 14.1. The van der Waals surface area contributed by atoms with Crippen LogP contribution in [0.2, 0.25) is 0 Å². The van der Waals surface area contributed by atoms with Gasteiger partial charge in [-0.05, 0) is 12.5 Å². The summed E-state index contributed by atoms with van der Waals surface area (Å²) in [6.45, 7) is 5.33. The van der Waals surface area contributed by atoms with Crippen LogP contribution >= 0.6 is 0 Å². The second-order valence-electron chi connectivity index (χ2n) is 10.2. The van der Waals surface area contributed by atoms with E-state index in [1.165, 1.54) is 14.2 Å². The van der Waals surface area contributed by atoms with Crippen LogP contribution in [-0.2, 0) is 49.5 Å². The molecule has 42 heavy (non-hydrogen) atoms. The Labute approximate surface area is 247 Å². The van der Waals surface area contributed by atoms with Crippen molar-refractivity contribution in [2.75, 3.05) is 34.0 Å². The summed E-state index contributed by atoms with van der Waals surface area (Å²) in [5.41, 5.74) is 0.925. The predicted octanol–water partition coefficient (Wildman–Crippen LogP) is 2.49. The maximum absolute atomic E-state index is 13.0. The van der Waals surface area contributed by atoms with Crippen LogP contribution in [-0.4, -0.2) is 82.1 Å². The number of rotatable bonds is 6. The molecule has 6 atom stereocenters. The average molecular weight is 589 g/mol. The van der Waals surface area contributed by atoms with Crippen molar-refractivity contribution in [3.8, 4) is 0 Å². The molecule has 2 rings (SSSR count). The lowest BCUT2D eigenvalue weighted by atomic mass is 10.0. The lowest BCUT2D eigenvalue weighted by Crippen LogP contribution is -2.45. The van der Waals surface area contributed by atoms with E-state index in [1.54, 1.807) is 31.2 Å². The molecule has 1 heterocycles. The summed E-state index contributed by atoms with van der Waals surface area (Å²) in [5.74, 6) is -2.39. The van der Waals surface area contributed by atoms with Crippen LogP contribution < -0.4 is 10.6 Å². The molecule has 2 N–H and O–H groups in total. The molecule has 0 saturated heterocycles. The summed E-state index contributed by atoms with van der Waals surface area (Å²) in [6, 6.07) is 7.59. The van der Waals surface area contributed by atoms with Crippen LogP contribution in [0.3, 0.4) is 0 Å². The van der Waals surface area contributed by atoms with Gasteiger partial charge in [-0.25, -0.2) is 9.59 Å². The van der Waals surface area contributed by atoms with Crippen LogP contribution in [0.25, 0.3) is 0 Å². The summed E-state index contributed by atoms with van der Waals surface area (Å²) in [4.78, 5) is 50.6. The van der Waals surface area contributed by atoms with Gasteiger partial charge in [-0.15, -0.1) is 0 Å². The predicted molar refractivity (Wildman–Crippen MR) is 155 cm³/mol. The molecular weight excluding hydrogens is 544 g/mol. The quantitative estimate of drug-likeness (QED) is 0.379. The Kier molecular flexibility index (Phi) is 15.5. The first-order valence-corrected chi connectivity index (χ1v) is 14.1. The Hall–Kier alpha value is -3.54. The monoisotopic (exact) mass is 588 g/mol. The van der Waals surface area contributed by atoms with Crippen molar-refractivity contribution in [3.05, 3.63) is 60.2 Å². The van der Waals surface area contributed by atoms with Gasteiger partial charge >= 0.3 is 11.9 Å². The summed E-state index contributed by atoms with van der Waals surface area (Å²) in [7, 11) is 2.99. The van der Waals surface area contributed by atoms with Crippen molar-refractivity contribution in [2.24, 2.45) is 11.8 Å². The van der Waals surface area contributed by atoms with E-state index in [-0.39, 0.29) is 57.0 Å². The zero-order valence-electron chi connectivity index (χ0n) is 25.1. The minimum atomic E-state index is -1.04. The summed E-state index contributed by atoms with van der Waals surface area (Å²) in [6.07, 6.45) is 5.92. The molecule has 0 spiro atoms. The summed E-state index contributed by atoms with van der Waals surface area (Å²) >= 11 is 0. The van der Waals surface area contributed by atoms with Crippen molar-refractivity contribution < 1.29 is 42.9 Å². The first kappa shape index (κ1) is 34.7. The normalized spacial score (nSPS) is 27.5. The van der Waals surface area contributed by atoms with Gasteiger partial charge in [0.2, 0.25) is 11.8 Å². The Bertz CT molecular complexity index is 1060. The summed E-state index contributed by atoms with van der Waals surface area (Å²) in [5, 5.41) is 5.32. The second-order valence-corrected chi connectivity index (χ2v) is 10.2. The number of hydrogen-bond donors (Lipinski definition) is 2. The number of methoxy groups -OCH3 is 2. The highest BCUT2D eigenvalue weighted by molar-refractivity contribution is 5.85. The Morgan fingerprint density at radius 1 is 0.762 bits per heavy atom. The fourth-order valence-corrected chi connectivity index (χ4v) is 4.10. The molecule has 0 unspecified atom stereocenters. The minimum absolute atomic E-state index is 0.00534. The number of cyclic esters (lactones) is 2. The minimum Gasteiger partial charge on any atom is -0.461 e. The topological polar surface area (TPSA) is 138 Å². The van der Waals surface area contributed by atoms with Crippen LogP contribution in [0.4, 0.5) is 0 Å². The van der Waals surface area contributed by atoms with E-state index in [1.807, 2.05) is 44.2 Å². The van der Waals surface area contributed by atoms with E-state index in [2.05, 4.69) is 10.6 Å². The third-order valence-electron chi connectivity index (χ3n) is 6.79. The van der Waals surface area contributed by atoms with Crippen LogP contribution in [0.1, 0.15) is 39.2 Å². The van der Waals surface area contributed by atoms with E-state index < -0.39 is 42.1 Å². The van der Waals surface area contributed by atoms with Gasteiger partial charge in [0, 0.05) is 38.9 Å². The van der Waals surface area contributed by atoms with Gasteiger partial charge in [0.25, 0.3) is 0 Å². The third kappa shape index (κ3) is 12.5. The van der Waals surface area contributed by atoms with Gasteiger partial charge in [0.1, 0.15) is 19.3 Å². The molecule has 11 nitrogen and oxygen atoms in total. The van der Waals surface area contributed by atoms with Crippen LogP contribution in [0.5, 0.6) is 0 Å². The zero-order chi connectivity index (χ0) is 30.9. The van der Waals surface area contributed by atoms with Gasteiger partial charge in [0.05, 0.1) is 25.4 Å². The molecule has 1 aromatic carbocycles. The SMILES string of the molecule is CO[C@@H]1COC(=O)[C@H](COCc2ccccc2)NC(=O)CC=C[C@@H](C)[C@H](OC)COC(=O)[C@@H](C)NC(=O)CC=C[C@H]1C. The molecule has 0 fully saturated rings. The molecule has 232 valence electrons. The molecule has 0 radical (unpaired) electrons. The van der Waals surface area contributed by atoms with E-state index in [0.29, 0.717) is 0 Å². The lowest BCUT2D eigenvalue weighted by Gasteiger charge is -2.23. The summed E-state index contributed by atoms with van der Waals surface area (Å²) < 4.78 is 27.6. The highest BCUT2D eigenvalue weighted by atomic mass is 16.6. The van der Waals surface area contributed by atoms with Crippen molar-refractivity contribution in [1.82, 2.24) is 10.6 Å². The largest absolute Gasteiger partial charge is 0.461 e. The zero-order valence-corrected chi connectivity index (χ0v) is 25.1. The van der Waals surface area contributed by atoms with Crippen molar-refractivity contribution in [2.45, 2.75) is 64.5 Å². The number of carbonyl (C=O) groups is 4. The number of benzene rings is 1. The molecule has 0 aromatic heterocycles. The molecule has 0 saturated carbocycles. The van der Waals surface area contributed by atoms with E-state index in [9.17, 15) is 19.2 Å². The van der Waals surface area contributed by atoms with Gasteiger partial charge in [-0.2, -0.15) is 0 Å². The number of ether oxygens (including phenoxy) is 5. The Morgan fingerprint density at radius 3 is 1.83 bits per heavy atom. The number of nitrogens with one attached hydrogen (secondary N) is 2. The number of amides is 2. The van der Waals surface area contributed by atoms with Gasteiger partial charge in [-0.3, -0.25) is 9.59 Å². The van der Waals surface area contributed by atoms with Gasteiger partial charge in [-0.1, -0.05) is 68.5 Å². The van der Waals surface area contributed by atoms with Gasteiger partial charge in [0.15, 0.2) is 6.04 Å². The highest BCUT2D eigenvalue weighted by Gasteiger charge is 2.26. The van der Waals surface area contributed by atoms with E-state index >= 15 is 0 Å². The van der Waals surface area contributed by atoms with Crippen LogP contribution in [0.15, 0.2) is 54.6 Å². The Balaban J connectivity index is 2.17. The van der Waals surface area contributed by atoms with E-state index in [4.69, 9.17) is 23.7 Å². The molecule has 0 bridgehead atoms. The fraction of sp³-hybridized carbons (Fsp3) is 0.548. The van der Waals surface area contributed by atoms with Gasteiger partial charge < -0.3 is 34.3 Å². The van der Waals surface area contributed by atoms with E-state index in [0.717, 1.165) is 5.56 Å². The average Bonchev–Trinajstić information content (AvgIpc) is 2.97. The molecule has 0 aliphatic carbocycles. The number of hydrogen-bond acceptors (Lipinski definition) is 9. The Morgan fingerprint density at radius 2 is 1.29 bits per heavy atom. The molecule has 11 heteroatoms. The van der Waals surface area contributed by atoms with Crippen molar-refractivity contribution >= 4 is 23.8 Å². The molecule has 1 aliphatic rings. The molecule has 2 amide bonds. The molecular formula is C31H44N2O9. The molecule has 1 aliphatic heterocycles. The second kappa shape index (κ2) is 18.8. The lowest BCUT2D eigenvalue weighted by molar-refractivity contribution is -0.154. The molecule has 1 aromatic rings. The maximum atomic E-state index is 13.0. The van der Waals surface area contributed by atoms with Crippen molar-refractivity contribution in [3.63, 3.8) is 0 Å². The van der Waals surface area contributed by atoms with Crippen LogP contribution in [0, 0.1) is 11.8 Å². The number of esters is 2. The third-order valence-corrected chi connectivity index (χ3v) is 6.79. The van der Waals surface area contributed by atoms with Crippen molar-refractivity contribution in [1.29, 1.82) is 0 Å². The smallest absolute Gasteiger partial charge is 0.331 e. The maximum Gasteiger partial charge on any atom is 0.331 e.